The Hall–Kier alpha value is -0.430. The smallest absolute Gasteiger partial charge is 0.243 e. The van der Waals surface area contributed by atoms with Crippen molar-refractivity contribution in [1.29, 1.82) is 0 Å². The molecule has 0 bridgehead atoms. The third-order valence-electron chi connectivity index (χ3n) is 2.66. The van der Waals surface area contributed by atoms with Crippen molar-refractivity contribution in [1.82, 2.24) is 9.62 Å². The van der Waals surface area contributed by atoms with Crippen LogP contribution in [0.5, 0.6) is 0 Å². The lowest BCUT2D eigenvalue weighted by Crippen LogP contribution is -2.30. The fourth-order valence-electron chi connectivity index (χ4n) is 1.61. The van der Waals surface area contributed by atoms with Gasteiger partial charge >= 0.3 is 0 Å². The quantitative estimate of drug-likeness (QED) is 0.838. The third-order valence-corrected chi connectivity index (χ3v) is 5.77. The minimum atomic E-state index is -3.30. The van der Waals surface area contributed by atoms with Crippen molar-refractivity contribution >= 4 is 21.4 Å². The first kappa shape index (κ1) is 15.6. The van der Waals surface area contributed by atoms with Crippen molar-refractivity contribution in [2.75, 3.05) is 13.1 Å². The summed E-state index contributed by atoms with van der Waals surface area (Å²) in [5.74, 6) is 0. The monoisotopic (exact) mass is 290 g/mol. The molecule has 104 valence electrons. The van der Waals surface area contributed by atoms with E-state index in [1.807, 2.05) is 13.8 Å². The van der Waals surface area contributed by atoms with Crippen LogP contribution in [0.25, 0.3) is 0 Å². The summed E-state index contributed by atoms with van der Waals surface area (Å²) < 4.78 is 26.0. The number of thiophene rings is 1. The van der Waals surface area contributed by atoms with Crippen LogP contribution < -0.4 is 5.32 Å². The Morgan fingerprint density at radius 1 is 1.33 bits per heavy atom. The molecule has 0 aliphatic heterocycles. The van der Waals surface area contributed by atoms with E-state index in [1.54, 1.807) is 11.4 Å². The van der Waals surface area contributed by atoms with Crippen LogP contribution in [0.4, 0.5) is 0 Å². The van der Waals surface area contributed by atoms with E-state index >= 15 is 0 Å². The average molecular weight is 290 g/mol. The van der Waals surface area contributed by atoms with Crippen LogP contribution in [0.1, 0.15) is 32.6 Å². The summed E-state index contributed by atoms with van der Waals surface area (Å²) in [6.45, 7) is 9.59. The van der Waals surface area contributed by atoms with E-state index in [1.165, 1.54) is 15.6 Å². The zero-order valence-corrected chi connectivity index (χ0v) is 13.1. The highest BCUT2D eigenvalue weighted by Gasteiger charge is 2.22. The molecule has 0 fully saturated rings. The first-order valence-corrected chi connectivity index (χ1v) is 8.54. The SMILES string of the molecule is CCN(CC)S(=O)(=O)c1csc(CNC(C)C)c1. The Balaban J connectivity index is 2.84. The molecule has 0 radical (unpaired) electrons. The molecule has 18 heavy (non-hydrogen) atoms. The Morgan fingerprint density at radius 3 is 2.44 bits per heavy atom. The second kappa shape index (κ2) is 6.65. The first-order chi connectivity index (χ1) is 8.41. The van der Waals surface area contributed by atoms with Gasteiger partial charge in [0.1, 0.15) is 0 Å². The second-order valence-corrected chi connectivity index (χ2v) is 7.31. The zero-order chi connectivity index (χ0) is 13.8. The van der Waals surface area contributed by atoms with Gasteiger partial charge in [0, 0.05) is 35.9 Å². The van der Waals surface area contributed by atoms with Crippen molar-refractivity contribution in [2.24, 2.45) is 0 Å². The summed E-state index contributed by atoms with van der Waals surface area (Å²) in [5, 5.41) is 5.01. The molecule has 1 aromatic rings. The van der Waals surface area contributed by atoms with Gasteiger partial charge in [-0.3, -0.25) is 0 Å². The normalized spacial score (nSPS) is 12.6. The highest BCUT2D eigenvalue weighted by molar-refractivity contribution is 7.89. The van der Waals surface area contributed by atoms with Gasteiger partial charge in [-0.05, 0) is 6.07 Å². The molecule has 0 unspecified atom stereocenters. The van der Waals surface area contributed by atoms with Gasteiger partial charge < -0.3 is 5.32 Å². The van der Waals surface area contributed by atoms with E-state index in [0.717, 1.165) is 11.4 Å². The second-order valence-electron chi connectivity index (χ2n) is 4.37. The average Bonchev–Trinajstić information content (AvgIpc) is 2.76. The molecule has 0 saturated heterocycles. The topological polar surface area (TPSA) is 49.4 Å². The van der Waals surface area contributed by atoms with Crippen LogP contribution in [0.2, 0.25) is 0 Å². The number of hydrogen-bond donors (Lipinski definition) is 1. The predicted molar refractivity (Wildman–Crippen MR) is 76.4 cm³/mol. The van der Waals surface area contributed by atoms with Gasteiger partial charge in [0.2, 0.25) is 10.0 Å². The van der Waals surface area contributed by atoms with Gasteiger partial charge in [-0.2, -0.15) is 4.31 Å². The number of nitrogens with one attached hydrogen (secondary N) is 1. The molecule has 0 aliphatic rings. The number of hydrogen-bond acceptors (Lipinski definition) is 4. The maximum Gasteiger partial charge on any atom is 0.243 e. The van der Waals surface area contributed by atoms with E-state index in [-0.39, 0.29) is 0 Å². The van der Waals surface area contributed by atoms with E-state index in [4.69, 9.17) is 0 Å². The molecule has 1 N–H and O–H groups in total. The highest BCUT2D eigenvalue weighted by atomic mass is 32.2. The Bertz CT molecular complexity index is 462. The third kappa shape index (κ3) is 3.78. The minimum Gasteiger partial charge on any atom is -0.310 e. The van der Waals surface area contributed by atoms with E-state index in [9.17, 15) is 8.42 Å². The first-order valence-electron chi connectivity index (χ1n) is 6.22. The number of nitrogens with zero attached hydrogens (tertiary/aromatic N) is 1. The lowest BCUT2D eigenvalue weighted by atomic mass is 10.4. The molecule has 0 aromatic carbocycles. The largest absolute Gasteiger partial charge is 0.310 e. The molecule has 0 amide bonds. The van der Waals surface area contributed by atoms with Crippen molar-refractivity contribution < 1.29 is 8.42 Å². The van der Waals surface area contributed by atoms with Crippen LogP contribution in [-0.2, 0) is 16.6 Å². The van der Waals surface area contributed by atoms with Crippen molar-refractivity contribution in [3.63, 3.8) is 0 Å². The standard InChI is InChI=1S/C12H22N2O2S2/c1-5-14(6-2)18(15,16)12-7-11(17-9-12)8-13-10(3)4/h7,9-10,13H,5-6,8H2,1-4H3. The summed E-state index contributed by atoms with van der Waals surface area (Å²) in [6, 6.07) is 2.17. The summed E-state index contributed by atoms with van der Waals surface area (Å²) in [4.78, 5) is 1.46. The number of rotatable bonds is 7. The maximum atomic E-state index is 12.3. The van der Waals surface area contributed by atoms with Crippen LogP contribution >= 0.6 is 11.3 Å². The predicted octanol–water partition coefficient (Wildman–Crippen LogP) is 2.28. The minimum absolute atomic E-state index is 0.398. The van der Waals surface area contributed by atoms with Crippen molar-refractivity contribution in [3.05, 3.63) is 16.3 Å². The maximum absolute atomic E-state index is 12.3. The van der Waals surface area contributed by atoms with Gasteiger partial charge in [0.15, 0.2) is 0 Å². The number of sulfonamides is 1. The molecule has 0 atom stereocenters. The molecule has 4 nitrogen and oxygen atoms in total. The van der Waals surface area contributed by atoms with Crippen molar-refractivity contribution in [2.45, 2.75) is 45.2 Å². The van der Waals surface area contributed by atoms with Crippen molar-refractivity contribution in [3.8, 4) is 0 Å². The molecule has 0 aliphatic carbocycles. The van der Waals surface area contributed by atoms with Crippen LogP contribution in [0.15, 0.2) is 16.3 Å². The molecular weight excluding hydrogens is 268 g/mol. The molecule has 0 saturated carbocycles. The lowest BCUT2D eigenvalue weighted by Gasteiger charge is -2.17. The van der Waals surface area contributed by atoms with E-state index in [2.05, 4.69) is 19.2 Å². The summed E-state index contributed by atoms with van der Waals surface area (Å²) >= 11 is 1.49. The summed E-state index contributed by atoms with van der Waals surface area (Å²) in [5.41, 5.74) is 0. The Morgan fingerprint density at radius 2 is 1.94 bits per heavy atom. The van der Waals surface area contributed by atoms with Gasteiger partial charge in [0.05, 0.1) is 4.90 Å². The lowest BCUT2D eigenvalue weighted by molar-refractivity contribution is 0.445. The van der Waals surface area contributed by atoms with Crippen LogP contribution in [0.3, 0.4) is 0 Å². The fraction of sp³-hybridized carbons (Fsp3) is 0.667. The molecule has 6 heteroatoms. The summed E-state index contributed by atoms with van der Waals surface area (Å²) in [6.07, 6.45) is 0. The van der Waals surface area contributed by atoms with Gasteiger partial charge in [-0.1, -0.05) is 27.7 Å². The molecule has 0 spiro atoms. The van der Waals surface area contributed by atoms with Crippen LogP contribution in [-0.4, -0.2) is 31.9 Å². The van der Waals surface area contributed by atoms with Crippen LogP contribution in [0, 0.1) is 0 Å². The van der Waals surface area contributed by atoms with Gasteiger partial charge in [-0.15, -0.1) is 11.3 Å². The zero-order valence-electron chi connectivity index (χ0n) is 11.4. The van der Waals surface area contributed by atoms with Gasteiger partial charge in [-0.25, -0.2) is 8.42 Å². The van der Waals surface area contributed by atoms with Gasteiger partial charge in [0.25, 0.3) is 0 Å². The molecular formula is C12H22N2O2S2. The summed E-state index contributed by atoms with van der Waals surface area (Å²) in [7, 11) is -3.30. The van der Waals surface area contributed by atoms with E-state index in [0.29, 0.717) is 24.0 Å². The molecule has 1 heterocycles. The highest BCUT2D eigenvalue weighted by Crippen LogP contribution is 2.22. The Kier molecular flexibility index (Phi) is 5.78. The molecule has 1 aromatic heterocycles. The fourth-order valence-corrected chi connectivity index (χ4v) is 4.28. The van der Waals surface area contributed by atoms with E-state index < -0.39 is 10.0 Å². The molecule has 1 rings (SSSR count). The Labute approximate surface area is 114 Å².